The molecule has 34 heavy (non-hydrogen) atoms. The number of hydrogen-bond donors (Lipinski definition) is 0. The van der Waals surface area contributed by atoms with E-state index in [-0.39, 0.29) is 19.1 Å². The molecule has 0 N–H and O–H groups in total. The first-order chi connectivity index (χ1) is 16.6. The summed E-state index contributed by atoms with van der Waals surface area (Å²) in [7, 11) is 1.34. The molecule has 0 saturated carbocycles. The van der Waals surface area contributed by atoms with Crippen LogP contribution in [0.5, 0.6) is 11.5 Å². The summed E-state index contributed by atoms with van der Waals surface area (Å²) < 4.78 is 21.7. The minimum atomic E-state index is -0.510. The quantitative estimate of drug-likeness (QED) is 0.567. The van der Waals surface area contributed by atoms with E-state index < -0.39 is 12.0 Å². The molecule has 1 unspecified atom stereocenters. The topological polar surface area (TPSA) is 74.3 Å². The first-order valence-corrected chi connectivity index (χ1v) is 11.1. The summed E-state index contributed by atoms with van der Waals surface area (Å²) >= 11 is 0. The Labute approximate surface area is 198 Å². The third kappa shape index (κ3) is 5.86. The van der Waals surface area contributed by atoms with Gasteiger partial charge in [0.25, 0.3) is 0 Å². The minimum absolute atomic E-state index is 0.0285. The van der Waals surface area contributed by atoms with Crippen LogP contribution in [-0.4, -0.2) is 37.2 Å². The Morgan fingerprint density at radius 2 is 1.91 bits per heavy atom. The van der Waals surface area contributed by atoms with Crippen LogP contribution >= 0.6 is 0 Å². The lowest BCUT2D eigenvalue weighted by Crippen LogP contribution is -2.36. The number of esters is 1. The highest BCUT2D eigenvalue weighted by atomic mass is 16.7. The second kappa shape index (κ2) is 11.2. The molecule has 7 heteroatoms. The number of fused-ring (bicyclic) bond motifs is 1. The molecule has 0 radical (unpaired) electrons. The average molecular weight is 462 g/mol. The maximum absolute atomic E-state index is 13.2. The zero-order chi connectivity index (χ0) is 23.8. The number of methoxy groups -OCH3 is 1. The van der Waals surface area contributed by atoms with Gasteiger partial charge in [0.2, 0.25) is 12.7 Å². The maximum atomic E-state index is 13.2. The molecule has 1 atom stereocenters. The summed E-state index contributed by atoms with van der Waals surface area (Å²) in [5, 5.41) is 0. The van der Waals surface area contributed by atoms with E-state index in [2.05, 4.69) is 0 Å². The van der Waals surface area contributed by atoms with E-state index >= 15 is 0 Å². The van der Waals surface area contributed by atoms with Crippen molar-refractivity contribution in [1.82, 2.24) is 4.90 Å². The highest BCUT2D eigenvalue weighted by molar-refractivity contribution is 5.88. The third-order valence-corrected chi connectivity index (χ3v) is 5.59. The van der Waals surface area contributed by atoms with Crippen molar-refractivity contribution < 1.29 is 28.5 Å². The number of carbonyl (C=O) groups is 2. The van der Waals surface area contributed by atoms with E-state index in [1.165, 1.54) is 13.2 Å². The molecule has 1 amide bonds. The van der Waals surface area contributed by atoms with E-state index in [0.717, 1.165) is 11.1 Å². The second-order valence-electron chi connectivity index (χ2n) is 7.83. The Bertz CT molecular complexity index is 1110. The third-order valence-electron chi connectivity index (χ3n) is 5.59. The fourth-order valence-electron chi connectivity index (χ4n) is 3.82. The SMILES string of the molecule is COC(=O)CC(c1ccc2c(c1)OCO2)N1CCC=CC(OCc2ccccc2)=CC=CC1=O. The van der Waals surface area contributed by atoms with Gasteiger partial charge in [-0.3, -0.25) is 9.59 Å². The Hall–Kier alpha value is -4.00. The van der Waals surface area contributed by atoms with Gasteiger partial charge in [0.05, 0.1) is 19.6 Å². The molecule has 2 aromatic rings. The predicted molar refractivity (Wildman–Crippen MR) is 126 cm³/mol. The molecule has 2 heterocycles. The molecule has 4 rings (SSSR count). The molecule has 2 aliphatic heterocycles. The van der Waals surface area contributed by atoms with Gasteiger partial charge in [-0.25, -0.2) is 0 Å². The maximum Gasteiger partial charge on any atom is 0.307 e. The van der Waals surface area contributed by atoms with Crippen LogP contribution in [0.25, 0.3) is 0 Å². The molecule has 0 fully saturated rings. The molecule has 0 aromatic heterocycles. The fraction of sp³-hybridized carbons (Fsp3) is 0.259. The number of ether oxygens (including phenoxy) is 4. The van der Waals surface area contributed by atoms with Crippen molar-refractivity contribution in [3.63, 3.8) is 0 Å². The Morgan fingerprint density at radius 3 is 2.74 bits per heavy atom. The smallest absolute Gasteiger partial charge is 0.307 e. The van der Waals surface area contributed by atoms with Crippen LogP contribution in [0.15, 0.2) is 84.7 Å². The number of carbonyl (C=O) groups excluding carboxylic acids is 2. The van der Waals surface area contributed by atoms with Crippen LogP contribution in [0.4, 0.5) is 0 Å². The van der Waals surface area contributed by atoms with Crippen molar-refractivity contribution in [2.45, 2.75) is 25.5 Å². The number of allylic oxidation sites excluding steroid dienone is 3. The molecular weight excluding hydrogens is 434 g/mol. The summed E-state index contributed by atoms with van der Waals surface area (Å²) in [6.45, 7) is 1.01. The number of hydrogen-bond acceptors (Lipinski definition) is 6. The monoisotopic (exact) mass is 461 g/mol. The van der Waals surface area contributed by atoms with Crippen molar-refractivity contribution >= 4 is 11.9 Å². The van der Waals surface area contributed by atoms with E-state index in [1.54, 1.807) is 23.1 Å². The van der Waals surface area contributed by atoms with Gasteiger partial charge in [-0.15, -0.1) is 0 Å². The molecule has 0 spiro atoms. The normalized spacial score (nSPS) is 16.1. The van der Waals surface area contributed by atoms with Crippen molar-refractivity contribution in [2.75, 3.05) is 20.4 Å². The van der Waals surface area contributed by atoms with Gasteiger partial charge in [0, 0.05) is 12.6 Å². The van der Waals surface area contributed by atoms with E-state index in [1.807, 2.05) is 54.6 Å². The standard InChI is InChI=1S/C27H27NO6/c1-31-27(30)17-23(21-13-14-24-25(16-21)34-19-33-24)28-15-6-5-10-22(11-7-12-26(28)29)32-18-20-8-3-2-4-9-20/h2-5,7-14,16,23H,6,15,17-19H2,1H3. The first kappa shape index (κ1) is 23.2. The summed E-state index contributed by atoms with van der Waals surface area (Å²) in [4.78, 5) is 27.1. The number of benzene rings is 2. The van der Waals surface area contributed by atoms with Crippen molar-refractivity contribution in [1.29, 1.82) is 0 Å². The zero-order valence-electron chi connectivity index (χ0n) is 19.0. The second-order valence-corrected chi connectivity index (χ2v) is 7.83. The van der Waals surface area contributed by atoms with Crippen molar-refractivity contribution in [2.24, 2.45) is 0 Å². The highest BCUT2D eigenvalue weighted by Crippen LogP contribution is 2.37. The zero-order valence-corrected chi connectivity index (χ0v) is 19.0. The molecule has 2 aromatic carbocycles. The predicted octanol–water partition coefficient (Wildman–Crippen LogP) is 4.46. The largest absolute Gasteiger partial charge is 0.489 e. The molecule has 0 saturated heterocycles. The summed E-state index contributed by atoms with van der Waals surface area (Å²) in [5.74, 6) is 1.30. The van der Waals surface area contributed by atoms with Gasteiger partial charge in [-0.2, -0.15) is 0 Å². The molecule has 2 aliphatic rings. The highest BCUT2D eigenvalue weighted by Gasteiger charge is 2.28. The van der Waals surface area contributed by atoms with Crippen molar-refractivity contribution in [3.05, 3.63) is 95.8 Å². The molecule has 7 nitrogen and oxygen atoms in total. The van der Waals surface area contributed by atoms with E-state index in [9.17, 15) is 9.59 Å². The number of nitrogens with zero attached hydrogens (tertiary/aromatic N) is 1. The van der Waals surface area contributed by atoms with Gasteiger partial charge in [-0.1, -0.05) is 48.6 Å². The number of rotatable bonds is 7. The van der Waals surface area contributed by atoms with Crippen molar-refractivity contribution in [3.8, 4) is 11.5 Å². The van der Waals surface area contributed by atoms with Crippen LogP contribution in [0.3, 0.4) is 0 Å². The average Bonchev–Trinajstić information content (AvgIpc) is 3.34. The number of amides is 1. The van der Waals surface area contributed by atoms with Crippen LogP contribution in [0.1, 0.15) is 30.0 Å². The van der Waals surface area contributed by atoms with Crippen LogP contribution in [0, 0.1) is 0 Å². The Kier molecular flexibility index (Phi) is 7.65. The summed E-state index contributed by atoms with van der Waals surface area (Å²) in [6, 6.07) is 14.8. The van der Waals surface area contributed by atoms with Gasteiger partial charge in [0.15, 0.2) is 11.5 Å². The first-order valence-electron chi connectivity index (χ1n) is 11.1. The lowest BCUT2D eigenvalue weighted by molar-refractivity contribution is -0.143. The summed E-state index contributed by atoms with van der Waals surface area (Å²) in [5.41, 5.74) is 1.84. The Morgan fingerprint density at radius 1 is 1.09 bits per heavy atom. The lowest BCUT2D eigenvalue weighted by atomic mass is 10.0. The van der Waals surface area contributed by atoms with Crippen LogP contribution in [-0.2, 0) is 25.7 Å². The molecular formula is C27H27NO6. The molecule has 0 aliphatic carbocycles. The summed E-state index contributed by atoms with van der Waals surface area (Å²) in [6.07, 6.45) is 9.40. The van der Waals surface area contributed by atoms with Crippen LogP contribution < -0.4 is 9.47 Å². The van der Waals surface area contributed by atoms with Crippen LogP contribution in [0.2, 0.25) is 0 Å². The van der Waals surface area contributed by atoms with Gasteiger partial charge in [-0.05, 0) is 41.8 Å². The fourth-order valence-corrected chi connectivity index (χ4v) is 3.82. The Balaban J connectivity index is 1.53. The van der Waals surface area contributed by atoms with E-state index in [4.69, 9.17) is 18.9 Å². The van der Waals surface area contributed by atoms with E-state index in [0.29, 0.717) is 36.8 Å². The van der Waals surface area contributed by atoms with Gasteiger partial charge in [0.1, 0.15) is 12.4 Å². The minimum Gasteiger partial charge on any atom is -0.489 e. The van der Waals surface area contributed by atoms with Gasteiger partial charge < -0.3 is 23.8 Å². The molecule has 0 bridgehead atoms. The molecule has 176 valence electrons. The lowest BCUT2D eigenvalue weighted by Gasteiger charge is -2.31. The van der Waals surface area contributed by atoms with Gasteiger partial charge >= 0.3 is 5.97 Å².